The molecular formula is C11H19N3O. The van der Waals surface area contributed by atoms with Crippen LogP contribution in [0.2, 0.25) is 0 Å². The molecule has 0 radical (unpaired) electrons. The van der Waals surface area contributed by atoms with Crippen molar-refractivity contribution >= 4 is 5.82 Å². The number of aromatic nitrogens is 2. The molecule has 0 amide bonds. The van der Waals surface area contributed by atoms with Gasteiger partial charge in [-0.25, -0.2) is 9.97 Å². The Morgan fingerprint density at radius 3 is 2.67 bits per heavy atom. The van der Waals surface area contributed by atoms with E-state index in [1.165, 1.54) is 0 Å². The van der Waals surface area contributed by atoms with Gasteiger partial charge >= 0.3 is 0 Å². The van der Waals surface area contributed by atoms with E-state index in [9.17, 15) is 0 Å². The fourth-order valence-corrected chi connectivity index (χ4v) is 1.44. The fourth-order valence-electron chi connectivity index (χ4n) is 1.44. The van der Waals surface area contributed by atoms with E-state index >= 15 is 0 Å². The topological polar surface area (TPSA) is 58.0 Å². The zero-order chi connectivity index (χ0) is 11.1. The number of unbranched alkanes of at least 4 members (excludes halogenated alkanes) is 2. The van der Waals surface area contributed by atoms with Crippen LogP contribution in [0.4, 0.5) is 5.82 Å². The second-order valence-electron chi connectivity index (χ2n) is 3.65. The molecule has 0 saturated heterocycles. The molecule has 84 valence electrons. The number of aliphatic hydroxyl groups excluding tert-OH is 1. The molecule has 0 aliphatic rings. The summed E-state index contributed by atoms with van der Waals surface area (Å²) in [6.45, 7) is 5.04. The van der Waals surface area contributed by atoms with Crippen LogP contribution in [-0.4, -0.2) is 28.2 Å². The molecule has 1 heterocycles. The molecule has 1 rings (SSSR count). The normalized spacial score (nSPS) is 10.3. The van der Waals surface area contributed by atoms with E-state index in [-0.39, 0.29) is 6.61 Å². The van der Waals surface area contributed by atoms with Crippen molar-refractivity contribution in [2.75, 3.05) is 18.5 Å². The Morgan fingerprint density at radius 1 is 1.20 bits per heavy atom. The summed E-state index contributed by atoms with van der Waals surface area (Å²) in [5.74, 6) is 1.69. The smallest absolute Gasteiger partial charge is 0.129 e. The fraction of sp³-hybridized carbons (Fsp3) is 0.636. The molecular weight excluding hydrogens is 190 g/mol. The highest BCUT2D eigenvalue weighted by molar-refractivity contribution is 5.35. The van der Waals surface area contributed by atoms with Crippen molar-refractivity contribution in [1.29, 1.82) is 0 Å². The van der Waals surface area contributed by atoms with E-state index in [0.717, 1.165) is 43.1 Å². The van der Waals surface area contributed by atoms with Gasteiger partial charge in [-0.3, -0.25) is 0 Å². The maximum Gasteiger partial charge on any atom is 0.129 e. The Kier molecular flexibility index (Phi) is 5.04. The lowest BCUT2D eigenvalue weighted by atomic mass is 10.2. The number of rotatable bonds is 6. The number of nitrogens with one attached hydrogen (secondary N) is 1. The number of aryl methyl sites for hydroxylation is 2. The van der Waals surface area contributed by atoms with Gasteiger partial charge in [0.25, 0.3) is 0 Å². The van der Waals surface area contributed by atoms with Gasteiger partial charge in [0.2, 0.25) is 0 Å². The van der Waals surface area contributed by atoms with Gasteiger partial charge in [0.1, 0.15) is 11.6 Å². The second kappa shape index (κ2) is 6.35. The molecule has 0 aliphatic carbocycles. The molecule has 0 fully saturated rings. The molecule has 1 aromatic rings. The minimum atomic E-state index is 0.283. The summed E-state index contributed by atoms with van der Waals surface area (Å²) >= 11 is 0. The van der Waals surface area contributed by atoms with Crippen molar-refractivity contribution in [3.8, 4) is 0 Å². The van der Waals surface area contributed by atoms with Crippen LogP contribution < -0.4 is 5.32 Å². The van der Waals surface area contributed by atoms with E-state index in [0.29, 0.717) is 0 Å². The third kappa shape index (κ3) is 4.74. The van der Waals surface area contributed by atoms with E-state index in [1.54, 1.807) is 0 Å². The van der Waals surface area contributed by atoms with Crippen LogP contribution in [0.1, 0.15) is 30.8 Å². The van der Waals surface area contributed by atoms with Gasteiger partial charge in [-0.2, -0.15) is 0 Å². The Labute approximate surface area is 90.8 Å². The van der Waals surface area contributed by atoms with E-state index in [1.807, 2.05) is 19.9 Å². The maximum atomic E-state index is 8.61. The Morgan fingerprint density at radius 2 is 2.00 bits per heavy atom. The van der Waals surface area contributed by atoms with Crippen LogP contribution in [-0.2, 0) is 0 Å². The average molecular weight is 209 g/mol. The minimum absolute atomic E-state index is 0.283. The van der Waals surface area contributed by atoms with Crippen LogP contribution in [0.25, 0.3) is 0 Å². The summed E-state index contributed by atoms with van der Waals surface area (Å²) < 4.78 is 0. The van der Waals surface area contributed by atoms with E-state index in [4.69, 9.17) is 5.11 Å². The van der Waals surface area contributed by atoms with Crippen molar-refractivity contribution in [2.24, 2.45) is 0 Å². The molecule has 0 spiro atoms. The SMILES string of the molecule is Cc1cc(NCCCCCO)nc(C)n1. The summed E-state index contributed by atoms with van der Waals surface area (Å²) in [7, 11) is 0. The zero-order valence-electron chi connectivity index (χ0n) is 9.45. The first-order valence-corrected chi connectivity index (χ1v) is 5.39. The molecule has 2 N–H and O–H groups in total. The van der Waals surface area contributed by atoms with Gasteiger partial charge in [0.15, 0.2) is 0 Å². The standard InChI is InChI=1S/C11H19N3O/c1-9-8-11(14-10(2)13-9)12-6-4-3-5-7-15/h8,15H,3-7H2,1-2H3,(H,12,13,14). The number of aliphatic hydroxyl groups is 1. The second-order valence-corrected chi connectivity index (χ2v) is 3.65. The predicted octanol–water partition coefficient (Wildman–Crippen LogP) is 1.67. The van der Waals surface area contributed by atoms with Crippen LogP contribution in [0.5, 0.6) is 0 Å². The highest BCUT2D eigenvalue weighted by Gasteiger charge is 1.97. The Bertz CT molecular complexity index is 282. The highest BCUT2D eigenvalue weighted by atomic mass is 16.2. The van der Waals surface area contributed by atoms with Crippen LogP contribution >= 0.6 is 0 Å². The van der Waals surface area contributed by atoms with Crippen LogP contribution in [0.3, 0.4) is 0 Å². The van der Waals surface area contributed by atoms with Crippen molar-refractivity contribution in [3.05, 3.63) is 17.6 Å². The summed E-state index contributed by atoms with van der Waals surface area (Å²) in [5, 5.41) is 11.9. The van der Waals surface area contributed by atoms with Gasteiger partial charge in [-0.15, -0.1) is 0 Å². The third-order valence-corrected chi connectivity index (χ3v) is 2.11. The van der Waals surface area contributed by atoms with Gasteiger partial charge in [-0.1, -0.05) is 0 Å². The lowest BCUT2D eigenvalue weighted by Crippen LogP contribution is -2.05. The largest absolute Gasteiger partial charge is 0.396 e. The minimum Gasteiger partial charge on any atom is -0.396 e. The van der Waals surface area contributed by atoms with Gasteiger partial charge in [0, 0.05) is 24.9 Å². The molecule has 4 nitrogen and oxygen atoms in total. The van der Waals surface area contributed by atoms with E-state index in [2.05, 4.69) is 15.3 Å². The average Bonchev–Trinajstić information content (AvgIpc) is 2.16. The van der Waals surface area contributed by atoms with Crippen LogP contribution in [0.15, 0.2) is 6.07 Å². The molecule has 0 saturated carbocycles. The molecule has 1 aromatic heterocycles. The zero-order valence-corrected chi connectivity index (χ0v) is 9.45. The first-order valence-electron chi connectivity index (χ1n) is 5.39. The van der Waals surface area contributed by atoms with Crippen LogP contribution in [0, 0.1) is 13.8 Å². The lowest BCUT2D eigenvalue weighted by Gasteiger charge is -2.06. The summed E-state index contributed by atoms with van der Waals surface area (Å²) in [6.07, 6.45) is 2.98. The quantitative estimate of drug-likeness (QED) is 0.700. The lowest BCUT2D eigenvalue weighted by molar-refractivity contribution is 0.283. The Hall–Kier alpha value is -1.16. The molecule has 4 heteroatoms. The predicted molar refractivity (Wildman–Crippen MR) is 60.9 cm³/mol. The molecule has 0 aliphatic heterocycles. The van der Waals surface area contributed by atoms with Crippen molar-refractivity contribution in [3.63, 3.8) is 0 Å². The first-order chi connectivity index (χ1) is 7.22. The highest BCUT2D eigenvalue weighted by Crippen LogP contribution is 2.06. The monoisotopic (exact) mass is 209 g/mol. The van der Waals surface area contributed by atoms with Gasteiger partial charge in [-0.05, 0) is 33.1 Å². The summed E-state index contributed by atoms with van der Waals surface area (Å²) in [6, 6.07) is 1.94. The van der Waals surface area contributed by atoms with Crippen molar-refractivity contribution < 1.29 is 5.11 Å². The molecule has 0 atom stereocenters. The van der Waals surface area contributed by atoms with Gasteiger partial charge in [0.05, 0.1) is 0 Å². The molecule has 0 bridgehead atoms. The third-order valence-electron chi connectivity index (χ3n) is 2.11. The maximum absolute atomic E-state index is 8.61. The van der Waals surface area contributed by atoms with E-state index < -0.39 is 0 Å². The summed E-state index contributed by atoms with van der Waals surface area (Å²) in [5.41, 5.74) is 0.986. The number of anilines is 1. The molecule has 0 unspecified atom stereocenters. The Balaban J connectivity index is 2.31. The summed E-state index contributed by atoms with van der Waals surface area (Å²) in [4.78, 5) is 8.49. The van der Waals surface area contributed by atoms with Crippen molar-refractivity contribution in [1.82, 2.24) is 9.97 Å². The van der Waals surface area contributed by atoms with Crippen molar-refractivity contribution in [2.45, 2.75) is 33.1 Å². The van der Waals surface area contributed by atoms with Gasteiger partial charge < -0.3 is 10.4 Å². The number of hydrogen-bond donors (Lipinski definition) is 2. The number of nitrogens with zero attached hydrogens (tertiary/aromatic N) is 2. The number of hydrogen-bond acceptors (Lipinski definition) is 4. The molecule has 15 heavy (non-hydrogen) atoms. The first kappa shape index (κ1) is 11.9. The molecule has 0 aromatic carbocycles.